The Morgan fingerprint density at radius 1 is 1.28 bits per heavy atom. The summed E-state index contributed by atoms with van der Waals surface area (Å²) in [5, 5.41) is 7.86. The van der Waals surface area contributed by atoms with Gasteiger partial charge in [-0.25, -0.2) is 0 Å². The van der Waals surface area contributed by atoms with E-state index in [-0.39, 0.29) is 24.0 Å². The number of halogens is 1. The van der Waals surface area contributed by atoms with Crippen LogP contribution in [-0.2, 0) is 6.54 Å². The van der Waals surface area contributed by atoms with E-state index < -0.39 is 0 Å². The van der Waals surface area contributed by atoms with E-state index in [0.717, 1.165) is 36.8 Å². The number of hydrogen-bond donors (Lipinski definition) is 2. The molecule has 1 unspecified atom stereocenters. The average molecular weight is 458 g/mol. The Hall–Kier alpha value is -1.28. The minimum Gasteiger partial charge on any atom is -0.459 e. The third kappa shape index (κ3) is 5.88. The van der Waals surface area contributed by atoms with Crippen molar-refractivity contribution >= 4 is 40.9 Å². The highest BCUT2D eigenvalue weighted by Gasteiger charge is 2.10. The molecule has 2 N–H and O–H groups in total. The van der Waals surface area contributed by atoms with Crippen LogP contribution in [0.25, 0.3) is 11.0 Å². The van der Waals surface area contributed by atoms with Gasteiger partial charge in [0.2, 0.25) is 0 Å². The third-order valence-corrected chi connectivity index (χ3v) is 4.68. The Kier molecular flexibility index (Phi) is 9.27. The maximum atomic E-state index is 5.93. The molecule has 0 fully saturated rings. The van der Waals surface area contributed by atoms with E-state index in [0.29, 0.717) is 12.6 Å². The van der Waals surface area contributed by atoms with Crippen molar-refractivity contribution in [1.29, 1.82) is 0 Å². The highest BCUT2D eigenvalue weighted by Crippen LogP contribution is 2.24. The summed E-state index contributed by atoms with van der Waals surface area (Å²) in [6.07, 6.45) is 1.16. The second-order valence-electron chi connectivity index (χ2n) is 6.24. The second-order valence-corrected chi connectivity index (χ2v) is 6.24. The van der Waals surface area contributed by atoms with Gasteiger partial charge in [-0.05, 0) is 33.4 Å². The van der Waals surface area contributed by atoms with Crippen molar-refractivity contribution < 1.29 is 4.42 Å². The summed E-state index contributed by atoms with van der Waals surface area (Å²) in [4.78, 5) is 6.63. The van der Waals surface area contributed by atoms with Gasteiger partial charge in [-0.1, -0.05) is 25.1 Å². The summed E-state index contributed by atoms with van der Waals surface area (Å²) >= 11 is 0. The van der Waals surface area contributed by atoms with Gasteiger partial charge < -0.3 is 20.0 Å². The van der Waals surface area contributed by atoms with Gasteiger partial charge in [-0.2, -0.15) is 0 Å². The molecule has 140 valence electrons. The Bertz CT molecular complexity index is 683. The summed E-state index contributed by atoms with van der Waals surface area (Å²) in [5.74, 6) is 1.75. The van der Waals surface area contributed by atoms with E-state index in [1.807, 2.05) is 18.2 Å². The van der Waals surface area contributed by atoms with Crippen molar-refractivity contribution in [3.05, 3.63) is 35.6 Å². The van der Waals surface area contributed by atoms with E-state index >= 15 is 0 Å². The molecular weight excluding hydrogens is 427 g/mol. The molecule has 0 spiro atoms. The van der Waals surface area contributed by atoms with Gasteiger partial charge in [-0.3, -0.25) is 4.99 Å². The van der Waals surface area contributed by atoms with Crippen molar-refractivity contribution in [3.8, 4) is 0 Å². The largest absolute Gasteiger partial charge is 0.459 e. The topological polar surface area (TPSA) is 52.8 Å². The van der Waals surface area contributed by atoms with Crippen LogP contribution in [0.3, 0.4) is 0 Å². The number of benzene rings is 1. The zero-order valence-electron chi connectivity index (χ0n) is 15.9. The number of para-hydroxylation sites is 1. The van der Waals surface area contributed by atoms with Crippen LogP contribution in [-0.4, -0.2) is 44.1 Å². The van der Waals surface area contributed by atoms with Crippen LogP contribution in [0, 0.1) is 6.92 Å². The van der Waals surface area contributed by atoms with Crippen molar-refractivity contribution in [3.63, 3.8) is 0 Å². The fourth-order valence-corrected chi connectivity index (χ4v) is 2.66. The van der Waals surface area contributed by atoms with Gasteiger partial charge in [0, 0.05) is 37.1 Å². The number of rotatable bonds is 7. The van der Waals surface area contributed by atoms with Crippen molar-refractivity contribution in [2.75, 3.05) is 27.2 Å². The first-order valence-corrected chi connectivity index (χ1v) is 8.68. The number of furan rings is 1. The number of guanidine groups is 1. The van der Waals surface area contributed by atoms with E-state index in [1.165, 1.54) is 10.9 Å². The zero-order valence-corrected chi connectivity index (χ0v) is 18.3. The molecule has 1 heterocycles. The number of aryl methyl sites for hydroxylation is 1. The number of nitrogens with zero attached hydrogens (tertiary/aromatic N) is 2. The molecule has 2 rings (SSSR count). The number of nitrogens with one attached hydrogen (secondary N) is 2. The Morgan fingerprint density at radius 3 is 2.64 bits per heavy atom. The zero-order chi connectivity index (χ0) is 17.5. The molecule has 1 atom stereocenters. The Labute approximate surface area is 168 Å². The van der Waals surface area contributed by atoms with Gasteiger partial charge >= 0.3 is 0 Å². The Balaban J connectivity index is 0.00000312. The van der Waals surface area contributed by atoms with Crippen molar-refractivity contribution in [2.24, 2.45) is 4.99 Å². The molecule has 5 nitrogen and oxygen atoms in total. The lowest BCUT2D eigenvalue weighted by atomic mass is 10.1. The first-order valence-electron chi connectivity index (χ1n) is 8.68. The van der Waals surface area contributed by atoms with Gasteiger partial charge in [-0.15, -0.1) is 24.0 Å². The molecule has 0 radical (unpaired) electrons. The van der Waals surface area contributed by atoms with Crippen LogP contribution in [0.5, 0.6) is 0 Å². The molecule has 0 saturated carbocycles. The fraction of sp³-hybridized carbons (Fsp3) is 0.526. The van der Waals surface area contributed by atoms with E-state index in [1.54, 1.807) is 7.05 Å². The molecule has 1 aromatic carbocycles. The summed E-state index contributed by atoms with van der Waals surface area (Å²) in [5.41, 5.74) is 2.12. The molecule has 0 amide bonds. The molecule has 25 heavy (non-hydrogen) atoms. The average Bonchev–Trinajstić information content (AvgIpc) is 2.93. The molecule has 0 aliphatic rings. The number of aliphatic imine (C=N–C) groups is 1. The number of hydrogen-bond acceptors (Lipinski definition) is 3. The summed E-state index contributed by atoms with van der Waals surface area (Å²) in [7, 11) is 3.95. The van der Waals surface area contributed by atoms with Gasteiger partial charge in [0.05, 0.1) is 6.54 Å². The standard InChI is InChI=1S/C19H30N4O.HI/c1-6-14(2)23(5)12-11-21-19(20-4)22-13-18-15(3)16-9-7-8-10-17(16)24-18;/h7-10,14H,6,11-13H2,1-5H3,(H2,20,21,22);1H. The molecule has 0 aliphatic carbocycles. The van der Waals surface area contributed by atoms with Gasteiger partial charge in [0.25, 0.3) is 0 Å². The SMILES string of the molecule is CCC(C)N(C)CCNC(=NC)NCc1oc2ccccc2c1C.I. The monoisotopic (exact) mass is 458 g/mol. The molecule has 6 heteroatoms. The summed E-state index contributed by atoms with van der Waals surface area (Å²) in [6.45, 7) is 9.03. The molecule has 2 aromatic rings. The van der Waals surface area contributed by atoms with Gasteiger partial charge in [0.1, 0.15) is 11.3 Å². The van der Waals surface area contributed by atoms with E-state index in [2.05, 4.69) is 54.4 Å². The molecule has 1 aromatic heterocycles. The van der Waals surface area contributed by atoms with Crippen LogP contribution in [0.15, 0.2) is 33.7 Å². The minimum atomic E-state index is 0. The van der Waals surface area contributed by atoms with Crippen molar-refractivity contribution in [1.82, 2.24) is 15.5 Å². The molecule has 0 bridgehead atoms. The molecule has 0 saturated heterocycles. The highest BCUT2D eigenvalue weighted by atomic mass is 127. The second kappa shape index (κ2) is 10.7. The van der Waals surface area contributed by atoms with Gasteiger partial charge in [0.15, 0.2) is 5.96 Å². The predicted octanol–water partition coefficient (Wildman–Crippen LogP) is 3.75. The third-order valence-electron chi connectivity index (χ3n) is 4.68. The Morgan fingerprint density at radius 2 is 2.00 bits per heavy atom. The quantitative estimate of drug-likeness (QED) is 0.377. The predicted molar refractivity (Wildman–Crippen MR) is 117 cm³/mol. The first-order chi connectivity index (χ1) is 11.6. The molecular formula is C19H31IN4O. The summed E-state index contributed by atoms with van der Waals surface area (Å²) in [6, 6.07) is 8.73. The normalized spacial score (nSPS) is 13.0. The van der Waals surface area contributed by atoms with E-state index in [9.17, 15) is 0 Å². The van der Waals surface area contributed by atoms with Crippen LogP contribution >= 0.6 is 24.0 Å². The van der Waals surface area contributed by atoms with Crippen LogP contribution in [0.4, 0.5) is 0 Å². The lowest BCUT2D eigenvalue weighted by Crippen LogP contribution is -2.42. The van der Waals surface area contributed by atoms with E-state index in [4.69, 9.17) is 4.42 Å². The number of likely N-dealkylation sites (N-methyl/N-ethyl adjacent to an activating group) is 1. The van der Waals surface area contributed by atoms with Crippen LogP contribution in [0.2, 0.25) is 0 Å². The maximum Gasteiger partial charge on any atom is 0.191 e. The fourth-order valence-electron chi connectivity index (χ4n) is 2.66. The maximum absolute atomic E-state index is 5.93. The smallest absolute Gasteiger partial charge is 0.191 e. The highest BCUT2D eigenvalue weighted by molar-refractivity contribution is 14.0. The molecule has 0 aliphatic heterocycles. The number of fused-ring (bicyclic) bond motifs is 1. The lowest BCUT2D eigenvalue weighted by Gasteiger charge is -2.23. The summed E-state index contributed by atoms with van der Waals surface area (Å²) < 4.78 is 5.93. The van der Waals surface area contributed by atoms with Crippen LogP contribution in [0.1, 0.15) is 31.6 Å². The van der Waals surface area contributed by atoms with Crippen molar-refractivity contribution in [2.45, 2.75) is 39.8 Å². The lowest BCUT2D eigenvalue weighted by molar-refractivity contribution is 0.255. The first kappa shape index (κ1) is 21.8. The van der Waals surface area contributed by atoms with Crippen LogP contribution < -0.4 is 10.6 Å². The minimum absolute atomic E-state index is 0.